The third-order valence-corrected chi connectivity index (χ3v) is 4.76. The number of nitrogens with one attached hydrogen (secondary N) is 2. The van der Waals surface area contributed by atoms with E-state index in [9.17, 15) is 9.59 Å². The molecule has 0 bridgehead atoms. The molecule has 0 atom stereocenters. The molecule has 154 valence electrons. The summed E-state index contributed by atoms with van der Waals surface area (Å²) in [6, 6.07) is 15.2. The number of thiocarbonyl (C=S) groups is 1. The molecule has 6 heteroatoms. The topological polar surface area (TPSA) is 61.4 Å². The Balaban J connectivity index is 1.94. The van der Waals surface area contributed by atoms with E-state index in [0.29, 0.717) is 18.4 Å². The van der Waals surface area contributed by atoms with E-state index in [1.807, 2.05) is 36.4 Å². The van der Waals surface area contributed by atoms with Gasteiger partial charge in [-0.05, 0) is 59.4 Å². The van der Waals surface area contributed by atoms with Crippen LogP contribution in [0.4, 0.5) is 5.69 Å². The Kier molecular flexibility index (Phi) is 7.51. The predicted molar refractivity (Wildman–Crippen MR) is 122 cm³/mol. The van der Waals surface area contributed by atoms with Gasteiger partial charge in [-0.15, -0.1) is 0 Å². The number of hydrogen-bond donors (Lipinski definition) is 2. The van der Waals surface area contributed by atoms with Crippen molar-refractivity contribution in [2.45, 2.75) is 39.0 Å². The van der Waals surface area contributed by atoms with Crippen molar-refractivity contribution >= 4 is 34.8 Å². The number of carbonyl (C=O) groups is 2. The molecular formula is C23H29N3O2S. The number of anilines is 1. The van der Waals surface area contributed by atoms with Gasteiger partial charge in [0.1, 0.15) is 0 Å². The highest BCUT2D eigenvalue weighted by molar-refractivity contribution is 7.80. The highest BCUT2D eigenvalue weighted by Crippen LogP contribution is 2.22. The summed E-state index contributed by atoms with van der Waals surface area (Å²) >= 11 is 5.28. The molecule has 29 heavy (non-hydrogen) atoms. The molecule has 0 radical (unpaired) electrons. The molecule has 2 amide bonds. The van der Waals surface area contributed by atoms with Crippen LogP contribution in [-0.4, -0.2) is 35.9 Å². The van der Waals surface area contributed by atoms with Crippen molar-refractivity contribution in [3.63, 3.8) is 0 Å². The van der Waals surface area contributed by atoms with E-state index in [4.69, 9.17) is 12.2 Å². The number of hydrogen-bond acceptors (Lipinski definition) is 3. The van der Waals surface area contributed by atoms with E-state index in [-0.39, 0.29) is 22.3 Å². The summed E-state index contributed by atoms with van der Waals surface area (Å²) < 4.78 is 0. The van der Waals surface area contributed by atoms with E-state index in [2.05, 4.69) is 31.4 Å². The van der Waals surface area contributed by atoms with E-state index in [0.717, 1.165) is 11.3 Å². The standard InChI is InChI=1S/C23H29N3O2S/c1-23(2,3)18-12-10-17(11-13-18)21(28)25-22(29)24-19-8-6-7-16(15-19)9-14-20(27)26(4)5/h6-8,10-13,15H,9,14H2,1-5H3,(H2,24,25,28,29). The number of nitrogens with zero attached hydrogens (tertiary/aromatic N) is 1. The first-order valence-corrected chi connectivity index (χ1v) is 9.99. The summed E-state index contributed by atoms with van der Waals surface area (Å²) in [5, 5.41) is 5.97. The van der Waals surface area contributed by atoms with Crippen molar-refractivity contribution in [3.8, 4) is 0 Å². The number of carbonyl (C=O) groups excluding carboxylic acids is 2. The van der Waals surface area contributed by atoms with Crippen LogP contribution in [0.3, 0.4) is 0 Å². The molecule has 0 aromatic heterocycles. The summed E-state index contributed by atoms with van der Waals surface area (Å²) in [4.78, 5) is 25.8. The molecule has 5 nitrogen and oxygen atoms in total. The maximum atomic E-state index is 12.4. The average molecular weight is 412 g/mol. The molecule has 0 aliphatic heterocycles. The van der Waals surface area contributed by atoms with Gasteiger partial charge in [0.15, 0.2) is 5.11 Å². The first kappa shape index (κ1) is 22.6. The minimum Gasteiger partial charge on any atom is -0.349 e. The molecule has 2 rings (SSSR count). The van der Waals surface area contributed by atoms with Crippen LogP contribution in [0.5, 0.6) is 0 Å². The summed E-state index contributed by atoms with van der Waals surface area (Å²) in [5.41, 5.74) is 3.55. The van der Waals surface area contributed by atoms with E-state index in [1.165, 1.54) is 5.56 Å². The second kappa shape index (κ2) is 9.65. The van der Waals surface area contributed by atoms with Crippen molar-refractivity contribution in [1.82, 2.24) is 10.2 Å². The van der Waals surface area contributed by atoms with Crippen molar-refractivity contribution in [2.24, 2.45) is 0 Å². The van der Waals surface area contributed by atoms with Gasteiger partial charge in [0, 0.05) is 31.8 Å². The minimum absolute atomic E-state index is 0.0358. The van der Waals surface area contributed by atoms with Gasteiger partial charge in [-0.25, -0.2) is 0 Å². The van der Waals surface area contributed by atoms with Crippen LogP contribution in [0.1, 0.15) is 48.7 Å². The smallest absolute Gasteiger partial charge is 0.257 e. The molecule has 0 fully saturated rings. The number of amides is 2. The maximum absolute atomic E-state index is 12.4. The average Bonchev–Trinajstić information content (AvgIpc) is 2.65. The Morgan fingerprint density at radius 1 is 1.03 bits per heavy atom. The summed E-state index contributed by atoms with van der Waals surface area (Å²) in [7, 11) is 3.50. The van der Waals surface area contributed by atoms with Crippen LogP contribution in [-0.2, 0) is 16.6 Å². The van der Waals surface area contributed by atoms with Gasteiger partial charge < -0.3 is 10.2 Å². The van der Waals surface area contributed by atoms with Gasteiger partial charge in [0.25, 0.3) is 5.91 Å². The third-order valence-electron chi connectivity index (χ3n) is 4.55. The summed E-state index contributed by atoms with van der Waals surface area (Å²) in [6.45, 7) is 6.39. The highest BCUT2D eigenvalue weighted by Gasteiger charge is 2.15. The lowest BCUT2D eigenvalue weighted by atomic mass is 9.87. The summed E-state index contributed by atoms with van der Waals surface area (Å²) in [6.07, 6.45) is 1.09. The van der Waals surface area contributed by atoms with Crippen molar-refractivity contribution in [1.29, 1.82) is 0 Å². The second-order valence-electron chi connectivity index (χ2n) is 8.22. The molecule has 0 aliphatic rings. The molecule has 0 heterocycles. The zero-order valence-corrected chi connectivity index (χ0v) is 18.5. The number of aryl methyl sites for hydroxylation is 1. The first-order chi connectivity index (χ1) is 13.6. The van der Waals surface area contributed by atoms with Crippen LogP contribution in [0.2, 0.25) is 0 Å². The maximum Gasteiger partial charge on any atom is 0.257 e. The third kappa shape index (κ3) is 6.98. The Morgan fingerprint density at radius 3 is 2.28 bits per heavy atom. The largest absolute Gasteiger partial charge is 0.349 e. The fraction of sp³-hybridized carbons (Fsp3) is 0.348. The van der Waals surface area contributed by atoms with Gasteiger partial charge in [-0.1, -0.05) is 45.0 Å². The van der Waals surface area contributed by atoms with Crippen LogP contribution < -0.4 is 10.6 Å². The van der Waals surface area contributed by atoms with Gasteiger partial charge in [0.2, 0.25) is 5.91 Å². The Bertz CT molecular complexity index is 884. The molecule has 2 aromatic rings. The zero-order chi connectivity index (χ0) is 21.6. The molecule has 2 aromatic carbocycles. The second-order valence-corrected chi connectivity index (χ2v) is 8.63. The lowest BCUT2D eigenvalue weighted by Crippen LogP contribution is -2.34. The van der Waals surface area contributed by atoms with Crippen molar-refractivity contribution in [3.05, 3.63) is 65.2 Å². The van der Waals surface area contributed by atoms with Crippen LogP contribution >= 0.6 is 12.2 Å². The molecule has 0 aliphatic carbocycles. The van der Waals surface area contributed by atoms with Crippen LogP contribution in [0.25, 0.3) is 0 Å². The fourth-order valence-corrected chi connectivity index (χ4v) is 2.95. The Hall–Kier alpha value is -2.73. The van der Waals surface area contributed by atoms with Crippen LogP contribution in [0.15, 0.2) is 48.5 Å². The lowest BCUT2D eigenvalue weighted by molar-refractivity contribution is -0.128. The fourth-order valence-electron chi connectivity index (χ4n) is 2.74. The Labute approximate surface area is 178 Å². The molecule has 0 saturated carbocycles. The molecule has 0 spiro atoms. The number of rotatable bonds is 5. The molecular weight excluding hydrogens is 382 g/mol. The van der Waals surface area contributed by atoms with Gasteiger partial charge >= 0.3 is 0 Å². The SMILES string of the molecule is CN(C)C(=O)CCc1cccc(NC(=S)NC(=O)c2ccc(C(C)(C)C)cc2)c1. The summed E-state index contributed by atoms with van der Waals surface area (Å²) in [5.74, 6) is -0.167. The lowest BCUT2D eigenvalue weighted by Gasteiger charge is -2.19. The van der Waals surface area contributed by atoms with Crippen molar-refractivity contribution in [2.75, 3.05) is 19.4 Å². The normalized spacial score (nSPS) is 10.9. The minimum atomic E-state index is -0.254. The highest BCUT2D eigenvalue weighted by atomic mass is 32.1. The number of benzene rings is 2. The zero-order valence-electron chi connectivity index (χ0n) is 17.7. The quantitative estimate of drug-likeness (QED) is 0.726. The first-order valence-electron chi connectivity index (χ1n) is 9.58. The monoisotopic (exact) mass is 411 g/mol. The molecule has 0 unspecified atom stereocenters. The molecule has 0 saturated heterocycles. The van der Waals surface area contributed by atoms with Gasteiger partial charge in [0.05, 0.1) is 0 Å². The van der Waals surface area contributed by atoms with Crippen LogP contribution in [0, 0.1) is 0 Å². The van der Waals surface area contributed by atoms with Gasteiger partial charge in [-0.2, -0.15) is 0 Å². The molecule has 2 N–H and O–H groups in total. The van der Waals surface area contributed by atoms with Gasteiger partial charge in [-0.3, -0.25) is 14.9 Å². The predicted octanol–water partition coefficient (Wildman–Crippen LogP) is 4.13. The Morgan fingerprint density at radius 2 is 1.69 bits per heavy atom. The van der Waals surface area contributed by atoms with E-state index >= 15 is 0 Å². The van der Waals surface area contributed by atoms with E-state index in [1.54, 1.807) is 31.1 Å². The van der Waals surface area contributed by atoms with E-state index < -0.39 is 0 Å². The van der Waals surface area contributed by atoms with Crippen molar-refractivity contribution < 1.29 is 9.59 Å².